The van der Waals surface area contributed by atoms with Crippen molar-refractivity contribution in [3.8, 4) is 11.1 Å². The quantitative estimate of drug-likeness (QED) is 0.266. The fourth-order valence-electron chi connectivity index (χ4n) is 5.94. The second kappa shape index (κ2) is 7.06. The summed E-state index contributed by atoms with van der Waals surface area (Å²) in [5.74, 6) is 0. The first kappa shape index (κ1) is 19.1. The van der Waals surface area contributed by atoms with Gasteiger partial charge in [0.25, 0.3) is 0 Å². The fourth-order valence-corrected chi connectivity index (χ4v) is 5.94. The van der Waals surface area contributed by atoms with Crippen LogP contribution in [-0.4, -0.2) is 13.2 Å². The van der Waals surface area contributed by atoms with Crippen LogP contribution in [0.5, 0.6) is 0 Å². The molecule has 0 saturated carbocycles. The topological polar surface area (TPSA) is 38.3 Å². The maximum atomic E-state index is 12.7. The molecule has 3 nitrogen and oxygen atoms in total. The first-order chi connectivity index (χ1) is 16.8. The number of carbonyl (C=O) groups is 1. The van der Waals surface area contributed by atoms with E-state index in [0.717, 1.165) is 21.9 Å². The van der Waals surface area contributed by atoms with Crippen LogP contribution >= 0.6 is 0 Å². The molecule has 0 aromatic heterocycles. The second-order valence-corrected chi connectivity index (χ2v) is 8.83. The number of rotatable bonds is 1. The Hall–Kier alpha value is -4.37. The Bertz CT molecular complexity index is 1680. The number of nitrogens with one attached hydrogen (secondary N) is 1. The Morgan fingerprint density at radius 1 is 0.559 bits per heavy atom. The van der Waals surface area contributed by atoms with Crippen LogP contribution in [0.3, 0.4) is 0 Å². The molecular weight excluding hydrogens is 418 g/mol. The average Bonchev–Trinajstić information content (AvgIpc) is 3.24. The molecule has 0 heterocycles. The highest BCUT2D eigenvalue weighted by molar-refractivity contribution is 6.25. The summed E-state index contributed by atoms with van der Waals surface area (Å²) < 4.78 is 5.09. The summed E-state index contributed by atoms with van der Waals surface area (Å²) in [6, 6.07) is 33.9. The third kappa shape index (κ3) is 2.44. The van der Waals surface area contributed by atoms with Crippen LogP contribution in [0.25, 0.3) is 54.2 Å². The van der Waals surface area contributed by atoms with Gasteiger partial charge >= 0.3 is 6.09 Å². The minimum atomic E-state index is -0.432. The molecular formula is C31H21NO2. The largest absolute Gasteiger partial charge is 0.453 e. The summed E-state index contributed by atoms with van der Waals surface area (Å²) in [4.78, 5) is 12.7. The third-order valence-electron chi connectivity index (χ3n) is 7.22. The van der Waals surface area contributed by atoms with Gasteiger partial charge in [0.1, 0.15) is 0 Å². The van der Waals surface area contributed by atoms with E-state index in [9.17, 15) is 4.79 Å². The number of alkyl carbamates (subject to hydrolysis) is 1. The van der Waals surface area contributed by atoms with E-state index in [1.165, 1.54) is 50.6 Å². The van der Waals surface area contributed by atoms with Gasteiger partial charge in [0, 0.05) is 0 Å². The molecule has 0 atom stereocenters. The van der Waals surface area contributed by atoms with Crippen LogP contribution in [0, 0.1) is 0 Å². The molecule has 0 saturated heterocycles. The van der Waals surface area contributed by atoms with E-state index in [0.29, 0.717) is 0 Å². The van der Waals surface area contributed by atoms with Crippen molar-refractivity contribution >= 4 is 49.2 Å². The Labute approximate surface area is 196 Å². The van der Waals surface area contributed by atoms with Gasteiger partial charge < -0.3 is 10.1 Å². The molecule has 1 N–H and O–H groups in total. The zero-order valence-electron chi connectivity index (χ0n) is 18.6. The molecule has 162 valence electrons. The Morgan fingerprint density at radius 2 is 0.882 bits per heavy atom. The molecule has 1 aliphatic carbocycles. The zero-order valence-corrected chi connectivity index (χ0v) is 18.6. The van der Waals surface area contributed by atoms with Gasteiger partial charge in [0.15, 0.2) is 0 Å². The van der Waals surface area contributed by atoms with Gasteiger partial charge in [-0.1, -0.05) is 97.1 Å². The van der Waals surface area contributed by atoms with Crippen LogP contribution in [0.2, 0.25) is 0 Å². The van der Waals surface area contributed by atoms with Crippen LogP contribution < -0.4 is 5.32 Å². The summed E-state index contributed by atoms with van der Waals surface area (Å²) >= 11 is 0. The van der Waals surface area contributed by atoms with Crippen LogP contribution in [-0.2, 0) is 4.74 Å². The highest BCUT2D eigenvalue weighted by Gasteiger charge is 2.36. The average molecular weight is 440 g/mol. The Morgan fingerprint density at radius 3 is 1.26 bits per heavy atom. The predicted molar refractivity (Wildman–Crippen MR) is 139 cm³/mol. The van der Waals surface area contributed by atoms with E-state index in [1.807, 2.05) is 0 Å². The monoisotopic (exact) mass is 439 g/mol. The number of methoxy groups -OCH3 is 1. The number of hydrogen-bond acceptors (Lipinski definition) is 2. The summed E-state index contributed by atoms with van der Waals surface area (Å²) in [6.07, 6.45) is -0.432. The number of fused-ring (bicyclic) bond motifs is 13. The van der Waals surface area contributed by atoms with Gasteiger partial charge in [-0.25, -0.2) is 4.79 Å². The summed E-state index contributed by atoms with van der Waals surface area (Å²) in [5.41, 5.74) is 4.67. The van der Waals surface area contributed by atoms with Gasteiger partial charge in [-0.2, -0.15) is 0 Å². The van der Waals surface area contributed by atoms with Crippen molar-refractivity contribution in [3.05, 3.63) is 108 Å². The minimum Gasteiger partial charge on any atom is -0.453 e. The number of amides is 1. The lowest BCUT2D eigenvalue weighted by molar-refractivity contribution is 0.168. The first-order valence-corrected chi connectivity index (χ1v) is 11.5. The molecule has 6 aromatic carbocycles. The minimum absolute atomic E-state index is 0.318. The Balaban J connectivity index is 1.77. The van der Waals surface area contributed by atoms with Crippen molar-refractivity contribution in [2.24, 2.45) is 0 Å². The molecule has 3 heteroatoms. The van der Waals surface area contributed by atoms with Crippen molar-refractivity contribution in [1.82, 2.24) is 5.32 Å². The third-order valence-corrected chi connectivity index (χ3v) is 7.22. The van der Waals surface area contributed by atoms with Crippen molar-refractivity contribution in [2.75, 3.05) is 7.11 Å². The summed E-state index contributed by atoms with van der Waals surface area (Å²) in [5, 5.41) is 12.7. The normalized spacial score (nSPS) is 12.9. The molecule has 0 radical (unpaired) electrons. The lowest BCUT2D eigenvalue weighted by Crippen LogP contribution is -2.28. The lowest BCUT2D eigenvalue weighted by Gasteiger charge is -2.19. The van der Waals surface area contributed by atoms with Crippen LogP contribution in [0.4, 0.5) is 4.79 Å². The smallest absolute Gasteiger partial charge is 0.407 e. The first-order valence-electron chi connectivity index (χ1n) is 11.5. The van der Waals surface area contributed by atoms with Crippen LogP contribution in [0.15, 0.2) is 97.1 Å². The molecule has 7 rings (SSSR count). The maximum Gasteiger partial charge on any atom is 0.407 e. The molecule has 0 aliphatic heterocycles. The fraction of sp³-hybridized carbons (Fsp3) is 0.0645. The SMILES string of the molecule is COC(=O)NC1c2c(c3ccccc3c3ccccc23)-c2c1c1ccccc1c1ccccc21. The molecule has 0 unspecified atom stereocenters. The van der Waals surface area contributed by atoms with E-state index in [4.69, 9.17) is 4.74 Å². The number of benzene rings is 6. The van der Waals surface area contributed by atoms with E-state index in [-0.39, 0.29) is 6.04 Å². The number of hydrogen-bond donors (Lipinski definition) is 1. The van der Waals surface area contributed by atoms with Gasteiger partial charge in [0.2, 0.25) is 0 Å². The van der Waals surface area contributed by atoms with Crippen molar-refractivity contribution in [3.63, 3.8) is 0 Å². The molecule has 1 amide bonds. The van der Waals surface area contributed by atoms with Gasteiger partial charge in [-0.15, -0.1) is 0 Å². The molecule has 34 heavy (non-hydrogen) atoms. The predicted octanol–water partition coefficient (Wildman–Crippen LogP) is 7.73. The highest BCUT2D eigenvalue weighted by Crippen LogP contribution is 2.55. The molecule has 1 aliphatic rings. The van der Waals surface area contributed by atoms with E-state index in [1.54, 1.807) is 0 Å². The second-order valence-electron chi connectivity index (χ2n) is 8.83. The van der Waals surface area contributed by atoms with Crippen molar-refractivity contribution in [2.45, 2.75) is 6.04 Å². The van der Waals surface area contributed by atoms with E-state index >= 15 is 0 Å². The van der Waals surface area contributed by atoms with Crippen molar-refractivity contribution in [1.29, 1.82) is 0 Å². The van der Waals surface area contributed by atoms with E-state index < -0.39 is 6.09 Å². The Kier molecular flexibility index (Phi) is 3.97. The zero-order chi connectivity index (χ0) is 22.8. The molecule has 0 spiro atoms. The molecule has 0 bridgehead atoms. The molecule has 6 aromatic rings. The summed E-state index contributed by atoms with van der Waals surface area (Å²) in [7, 11) is 1.42. The van der Waals surface area contributed by atoms with Gasteiger partial charge in [0.05, 0.1) is 13.2 Å². The van der Waals surface area contributed by atoms with Crippen LogP contribution in [0.1, 0.15) is 17.2 Å². The van der Waals surface area contributed by atoms with E-state index in [2.05, 4.69) is 102 Å². The molecule has 0 fully saturated rings. The number of ether oxygens (including phenoxy) is 1. The standard InChI is InChI=1S/C31H21NO2/c1-34-31(33)32-30-28-24-16-8-4-12-20(24)18-10-2-6-14-22(18)26(28)27-23-15-7-3-11-19(23)21-13-5-9-17-25(21)29(27)30/h2-17,30H,1H3,(H,32,33). The number of carbonyl (C=O) groups excluding carboxylic acids is 1. The van der Waals surface area contributed by atoms with Gasteiger partial charge in [-0.3, -0.25) is 0 Å². The van der Waals surface area contributed by atoms with Crippen molar-refractivity contribution < 1.29 is 9.53 Å². The highest BCUT2D eigenvalue weighted by atomic mass is 16.5. The lowest BCUT2D eigenvalue weighted by atomic mass is 9.89. The maximum absolute atomic E-state index is 12.7. The summed E-state index contributed by atoms with van der Waals surface area (Å²) in [6.45, 7) is 0. The van der Waals surface area contributed by atoms with Gasteiger partial charge in [-0.05, 0) is 65.3 Å².